The summed E-state index contributed by atoms with van der Waals surface area (Å²) in [4.78, 5) is 55.7. The highest BCUT2D eigenvalue weighted by molar-refractivity contribution is 5.72. The molecule has 1 rings (SSSR count). The zero-order chi connectivity index (χ0) is 42.6. The summed E-state index contributed by atoms with van der Waals surface area (Å²) in [6.45, 7) is 5.23. The Bertz CT molecular complexity index is 1040. The van der Waals surface area contributed by atoms with Crippen molar-refractivity contribution in [2.24, 2.45) is 0 Å². The zero-order valence-electron chi connectivity index (χ0n) is 38.2. The van der Waals surface area contributed by atoms with Crippen molar-refractivity contribution in [3.63, 3.8) is 0 Å². The third kappa shape index (κ3) is 29.9. The summed E-state index contributed by atoms with van der Waals surface area (Å²) >= 11 is 0. The molecule has 0 aromatic heterocycles. The van der Waals surface area contributed by atoms with Gasteiger partial charge in [0, 0.05) is 25.9 Å². The molecule has 0 aromatic rings. The van der Waals surface area contributed by atoms with E-state index >= 15 is 0 Å². The minimum Gasteiger partial charge on any atom is -0.463 e. The molecule has 0 aromatic carbocycles. The lowest BCUT2D eigenvalue weighted by Crippen LogP contribution is -2.43. The average molecular weight is 825 g/mol. The van der Waals surface area contributed by atoms with Crippen LogP contribution in [0.5, 0.6) is 0 Å². The quantitative estimate of drug-likeness (QED) is 0.0335. The number of carbonyl (C=O) groups is 4. The highest BCUT2D eigenvalue weighted by Crippen LogP contribution is 2.30. The van der Waals surface area contributed by atoms with Crippen LogP contribution in [0.1, 0.15) is 206 Å². The number of hydrogen-bond donors (Lipinski definition) is 0. The van der Waals surface area contributed by atoms with E-state index in [0.717, 1.165) is 38.5 Å². The number of rotatable bonds is 39. The van der Waals surface area contributed by atoms with Crippen LogP contribution in [0.4, 0.5) is 0 Å². The Balaban J connectivity index is 2.75. The molecule has 0 amide bonds. The van der Waals surface area contributed by atoms with E-state index in [4.69, 9.17) is 23.7 Å². The van der Waals surface area contributed by atoms with Gasteiger partial charge in [0.2, 0.25) is 12.4 Å². The normalized spacial score (nSPS) is 17.9. The second-order valence-corrected chi connectivity index (χ2v) is 17.2. The first-order valence-electron chi connectivity index (χ1n) is 23.8. The Morgan fingerprint density at radius 2 is 0.741 bits per heavy atom. The number of unbranched alkanes of at least 4 members (excludes halogenated alkanes) is 24. The zero-order valence-corrected chi connectivity index (χ0v) is 38.2. The van der Waals surface area contributed by atoms with Gasteiger partial charge in [-0.3, -0.25) is 19.2 Å². The summed E-state index contributed by atoms with van der Waals surface area (Å²) in [7, 11) is 7.44. The maximum Gasteiger partial charge on any atom is 0.309 e. The largest absolute Gasteiger partial charge is 0.463 e. The third-order valence-electron chi connectivity index (χ3n) is 11.0. The van der Waals surface area contributed by atoms with E-state index in [-0.39, 0.29) is 32.3 Å². The molecular weight excluding hydrogens is 737 g/mol. The van der Waals surface area contributed by atoms with Crippen LogP contribution < -0.4 is 0 Å². The molecule has 11 nitrogen and oxygen atoms in total. The second-order valence-electron chi connectivity index (χ2n) is 17.2. The molecule has 0 N–H and O–H groups in total. The first-order chi connectivity index (χ1) is 28.1. The highest BCUT2D eigenvalue weighted by atomic mass is 16.8. The van der Waals surface area contributed by atoms with Crippen molar-refractivity contribution in [1.29, 1.82) is 0 Å². The van der Waals surface area contributed by atoms with Crippen molar-refractivity contribution in [2.75, 3.05) is 47.9 Å². The van der Waals surface area contributed by atoms with Gasteiger partial charge >= 0.3 is 23.9 Å². The Kier molecular flexibility index (Phi) is 33.9. The molecule has 1 fully saturated rings. The van der Waals surface area contributed by atoms with E-state index in [1.807, 2.05) is 38.0 Å². The molecular formula is C47H88N2O9. The van der Waals surface area contributed by atoms with Crippen LogP contribution in [0, 0.1) is 0 Å². The van der Waals surface area contributed by atoms with Crippen LogP contribution >= 0.6 is 0 Å². The number of hydrogen-bond acceptors (Lipinski definition) is 11. The van der Waals surface area contributed by atoms with Crippen LogP contribution in [-0.2, 0) is 42.9 Å². The van der Waals surface area contributed by atoms with Gasteiger partial charge < -0.3 is 33.5 Å². The van der Waals surface area contributed by atoms with E-state index < -0.39 is 48.5 Å². The minimum atomic E-state index is -1.30. The molecule has 0 bridgehead atoms. The predicted octanol–water partition coefficient (Wildman–Crippen LogP) is 10.5. The van der Waals surface area contributed by atoms with Gasteiger partial charge in [-0.2, -0.15) is 0 Å². The predicted molar refractivity (Wildman–Crippen MR) is 232 cm³/mol. The SMILES string of the molecule is CCCCCCCCCCCCCCCC(=O)OC1[C@@H](COC(=O)CCN(C)C)O[C@@H](OC(=O)CCN(C)C)[C@H]1OC(=O)CCCCCCCCCCCCCCC. The summed E-state index contributed by atoms with van der Waals surface area (Å²) in [5, 5.41) is 0. The van der Waals surface area contributed by atoms with Gasteiger partial charge in [-0.05, 0) is 41.0 Å². The lowest BCUT2D eigenvalue weighted by molar-refractivity contribution is -0.200. The van der Waals surface area contributed by atoms with E-state index in [1.54, 1.807) is 0 Å². The molecule has 1 saturated heterocycles. The molecule has 0 spiro atoms. The molecule has 1 aliphatic rings. The minimum absolute atomic E-state index is 0.0974. The molecule has 4 atom stereocenters. The summed E-state index contributed by atoms with van der Waals surface area (Å²) in [5.74, 6) is -1.88. The van der Waals surface area contributed by atoms with Crippen LogP contribution in [-0.4, -0.2) is 106 Å². The smallest absolute Gasteiger partial charge is 0.309 e. The van der Waals surface area contributed by atoms with Crippen molar-refractivity contribution in [3.8, 4) is 0 Å². The number of nitrogens with zero attached hydrogens (tertiary/aromatic N) is 2. The summed E-state index contributed by atoms with van der Waals surface area (Å²) in [6.07, 6.45) is 27.3. The molecule has 0 saturated carbocycles. The number of esters is 4. The lowest BCUT2D eigenvalue weighted by atomic mass is 10.0. The average Bonchev–Trinajstić information content (AvgIpc) is 3.49. The fraction of sp³-hybridized carbons (Fsp3) is 0.915. The van der Waals surface area contributed by atoms with E-state index in [9.17, 15) is 19.2 Å². The van der Waals surface area contributed by atoms with Crippen molar-refractivity contribution < 1.29 is 42.9 Å². The first kappa shape index (κ1) is 53.8. The fourth-order valence-corrected chi connectivity index (χ4v) is 7.25. The van der Waals surface area contributed by atoms with Gasteiger partial charge in [0.05, 0.1) is 12.8 Å². The molecule has 58 heavy (non-hydrogen) atoms. The van der Waals surface area contributed by atoms with Gasteiger partial charge in [-0.25, -0.2) is 0 Å². The van der Waals surface area contributed by atoms with Crippen LogP contribution in [0.25, 0.3) is 0 Å². The Labute approximate surface area is 354 Å². The van der Waals surface area contributed by atoms with Crippen LogP contribution in [0.3, 0.4) is 0 Å². The fourth-order valence-electron chi connectivity index (χ4n) is 7.25. The highest BCUT2D eigenvalue weighted by Gasteiger charge is 2.52. The second kappa shape index (κ2) is 36.6. The topological polar surface area (TPSA) is 121 Å². The van der Waals surface area contributed by atoms with Crippen LogP contribution in [0.15, 0.2) is 0 Å². The van der Waals surface area contributed by atoms with Crippen LogP contribution in [0.2, 0.25) is 0 Å². The van der Waals surface area contributed by atoms with E-state index in [1.165, 1.54) is 116 Å². The number of carbonyl (C=O) groups excluding carboxylic acids is 4. The molecule has 0 radical (unpaired) electrons. The maximum absolute atomic E-state index is 13.3. The van der Waals surface area contributed by atoms with Crippen molar-refractivity contribution in [1.82, 2.24) is 9.80 Å². The number of ether oxygens (including phenoxy) is 5. The first-order valence-corrected chi connectivity index (χ1v) is 23.8. The van der Waals surface area contributed by atoms with E-state index in [0.29, 0.717) is 25.9 Å². The monoisotopic (exact) mass is 825 g/mol. The summed E-state index contributed by atoms with van der Waals surface area (Å²) < 4.78 is 29.2. The van der Waals surface area contributed by atoms with Gasteiger partial charge in [-0.1, -0.05) is 168 Å². The van der Waals surface area contributed by atoms with E-state index in [2.05, 4.69) is 13.8 Å². The Morgan fingerprint density at radius 1 is 0.414 bits per heavy atom. The van der Waals surface area contributed by atoms with Crippen molar-refractivity contribution in [3.05, 3.63) is 0 Å². The maximum atomic E-state index is 13.3. The Hall–Kier alpha value is -2.24. The van der Waals surface area contributed by atoms with Gasteiger partial charge in [0.15, 0.2) is 6.10 Å². The molecule has 11 heteroatoms. The molecule has 340 valence electrons. The molecule has 0 aliphatic carbocycles. The summed E-state index contributed by atoms with van der Waals surface area (Å²) in [6, 6.07) is 0. The Morgan fingerprint density at radius 3 is 1.12 bits per heavy atom. The lowest BCUT2D eigenvalue weighted by Gasteiger charge is -2.24. The standard InChI is InChI=1S/C47H88N2O9/c1-7-9-11-13-15-17-19-21-23-25-27-29-31-33-42(51)56-45-40(39-54-41(50)35-37-48(3)4)55-47(58-44(53)36-38-49(5)6)46(45)57-43(52)34-32-30-28-26-24-22-20-18-16-14-12-10-8-2/h40,45-47H,7-39H2,1-6H3/t40-,45?,46+,47+/m1/s1. The van der Waals surface area contributed by atoms with Gasteiger partial charge in [0.25, 0.3) is 0 Å². The molecule has 1 unspecified atom stereocenters. The van der Waals surface area contributed by atoms with Gasteiger partial charge in [-0.15, -0.1) is 0 Å². The van der Waals surface area contributed by atoms with Gasteiger partial charge in [0.1, 0.15) is 12.7 Å². The molecule has 1 heterocycles. The molecule has 1 aliphatic heterocycles. The van der Waals surface area contributed by atoms with Crippen molar-refractivity contribution in [2.45, 2.75) is 231 Å². The summed E-state index contributed by atoms with van der Waals surface area (Å²) in [5.41, 5.74) is 0. The van der Waals surface area contributed by atoms with Crippen molar-refractivity contribution >= 4 is 23.9 Å². The third-order valence-corrected chi connectivity index (χ3v) is 11.0.